The molecule has 0 fully saturated rings. The van der Waals surface area contributed by atoms with E-state index in [1.54, 1.807) is 18.2 Å². The predicted octanol–water partition coefficient (Wildman–Crippen LogP) is 15.9. The molecule has 1 nitrogen and oxygen atoms in total. The summed E-state index contributed by atoms with van der Waals surface area (Å²) in [6, 6.07) is 54.0. The summed E-state index contributed by atoms with van der Waals surface area (Å²) in [5, 5.41) is 9.58. The van der Waals surface area contributed by atoms with Crippen LogP contribution in [0, 0.1) is 0 Å². The van der Waals surface area contributed by atoms with Crippen molar-refractivity contribution in [3.63, 3.8) is 0 Å². The lowest BCUT2D eigenvalue weighted by molar-refractivity contribution is 1.28. The third-order valence-corrected chi connectivity index (χ3v) is 11.0. The van der Waals surface area contributed by atoms with Crippen molar-refractivity contribution in [1.29, 1.82) is 0 Å². The number of fused-ring (bicyclic) bond motifs is 7. The molecule has 0 aromatic heterocycles. The van der Waals surface area contributed by atoms with Crippen molar-refractivity contribution in [3.05, 3.63) is 224 Å². The van der Waals surface area contributed by atoms with E-state index in [4.69, 9.17) is 0 Å². The van der Waals surface area contributed by atoms with E-state index >= 15 is 0 Å². The largest absolute Gasteiger partial charge is 0.310 e. The van der Waals surface area contributed by atoms with Gasteiger partial charge in [0.1, 0.15) is 0 Å². The van der Waals surface area contributed by atoms with Gasteiger partial charge in [-0.15, -0.1) is 0 Å². The molecule has 0 saturated heterocycles. The second kappa shape index (κ2) is 13.7. The van der Waals surface area contributed by atoms with Crippen LogP contribution in [0.2, 0.25) is 0 Å². The molecule has 0 atom stereocenters. The zero-order chi connectivity index (χ0) is 44.7. The Morgan fingerprint density at radius 1 is 0.298 bits per heavy atom. The minimum absolute atomic E-state index is 0.122. The van der Waals surface area contributed by atoms with E-state index < -0.39 is 12.1 Å². The van der Waals surface area contributed by atoms with Gasteiger partial charge in [0, 0.05) is 17.1 Å². The number of benzene rings is 11. The Labute approximate surface area is 343 Å². The quantitative estimate of drug-likeness (QED) is 0.154. The van der Waals surface area contributed by atoms with E-state index in [2.05, 4.69) is 30.3 Å². The highest BCUT2D eigenvalue weighted by Gasteiger charge is 2.17. The molecule has 0 aliphatic rings. The van der Waals surface area contributed by atoms with Crippen molar-refractivity contribution in [2.24, 2.45) is 0 Å². The molecule has 0 N–H and O–H groups in total. The van der Waals surface area contributed by atoms with Gasteiger partial charge in [-0.2, -0.15) is 0 Å². The van der Waals surface area contributed by atoms with Gasteiger partial charge in [-0.05, 0) is 136 Å². The monoisotopic (exact) mass is 731 g/mol. The fourth-order valence-electron chi connectivity index (χ4n) is 8.29. The van der Waals surface area contributed by atoms with Gasteiger partial charge < -0.3 is 4.90 Å². The third kappa shape index (κ3) is 5.72. The van der Waals surface area contributed by atoms with E-state index in [0.717, 1.165) is 65.0 Å². The van der Waals surface area contributed by atoms with Crippen LogP contribution >= 0.6 is 0 Å². The van der Waals surface area contributed by atoms with Crippen LogP contribution in [0.1, 0.15) is 11.0 Å². The Bertz CT molecular complexity index is 3740. The highest BCUT2D eigenvalue weighted by Crippen LogP contribution is 2.42. The van der Waals surface area contributed by atoms with Crippen LogP contribution in [0.25, 0.3) is 87.2 Å². The Hall–Kier alpha value is -7.48. The molecule has 11 aromatic rings. The summed E-state index contributed by atoms with van der Waals surface area (Å²) in [7, 11) is 0. The fourth-order valence-corrected chi connectivity index (χ4v) is 8.29. The molecule has 1 heteroatoms. The molecule has 0 amide bonds. The molecule has 0 spiro atoms. The fraction of sp³-hybridized carbons (Fsp3) is 0. The number of anilines is 3. The lowest BCUT2D eigenvalue weighted by Gasteiger charge is -2.27. The first-order chi connectivity index (χ1) is 31.6. The molecule has 0 heterocycles. The van der Waals surface area contributed by atoms with Gasteiger partial charge in [-0.3, -0.25) is 0 Å². The first-order valence-electron chi connectivity index (χ1n) is 23.0. The zero-order valence-electron chi connectivity index (χ0n) is 38.7. The lowest BCUT2D eigenvalue weighted by atomic mass is 9.93. The molecule has 11 rings (SSSR count). The predicted molar refractivity (Wildman–Crippen MR) is 245 cm³/mol. The maximum absolute atomic E-state index is 9.92. The van der Waals surface area contributed by atoms with Crippen LogP contribution in [-0.2, 0) is 0 Å². The summed E-state index contributed by atoms with van der Waals surface area (Å²) in [5.41, 5.74) is 3.23. The van der Waals surface area contributed by atoms with Crippen LogP contribution in [0.3, 0.4) is 0 Å². The molecule has 0 saturated carbocycles. The molecule has 0 aliphatic heterocycles. The second-order valence-electron chi connectivity index (χ2n) is 14.2. The molecule has 0 bridgehead atoms. The third-order valence-electron chi connectivity index (χ3n) is 11.0. The van der Waals surface area contributed by atoms with E-state index in [-0.39, 0.29) is 58.8 Å². The minimum Gasteiger partial charge on any atom is -0.310 e. The van der Waals surface area contributed by atoms with E-state index in [0.29, 0.717) is 16.8 Å². The van der Waals surface area contributed by atoms with Gasteiger partial charge in [-0.25, -0.2) is 0 Å². The Balaban J connectivity index is 1.18. The minimum atomic E-state index is -0.449. The SMILES string of the molecule is [2H]c1c([2H])c(-c2cccc3ccccc23)c([2H])c(N(c2ccc(-c3cc4ccccc4c4ccccc34)cc2)c2c([2H])c([2H])c(-c3cc4ccccc4c4ccccc34)c([2H])c2[2H])c1[2H]. The van der Waals surface area contributed by atoms with Crippen molar-refractivity contribution in [2.75, 3.05) is 4.90 Å². The Morgan fingerprint density at radius 3 is 1.44 bits per heavy atom. The van der Waals surface area contributed by atoms with Crippen molar-refractivity contribution in [3.8, 4) is 33.4 Å². The average Bonchev–Trinajstić information content (AvgIpc) is 3.34. The summed E-state index contributed by atoms with van der Waals surface area (Å²) in [6.07, 6.45) is 0. The summed E-state index contributed by atoms with van der Waals surface area (Å²) >= 11 is 0. The average molecular weight is 732 g/mol. The van der Waals surface area contributed by atoms with Gasteiger partial charge in [-0.1, -0.05) is 176 Å². The van der Waals surface area contributed by atoms with Crippen LogP contribution in [0.5, 0.6) is 0 Å². The molecular weight excluding hydrogens is 687 g/mol. The van der Waals surface area contributed by atoms with E-state index in [1.807, 2.05) is 127 Å². The van der Waals surface area contributed by atoms with Crippen LogP contribution in [-0.4, -0.2) is 0 Å². The molecule has 0 aliphatic carbocycles. The molecule has 11 aromatic carbocycles. The smallest absolute Gasteiger partial charge is 0.0651 e. The zero-order valence-corrected chi connectivity index (χ0v) is 30.7. The topological polar surface area (TPSA) is 3.24 Å². The first kappa shape index (κ1) is 25.6. The molecule has 0 radical (unpaired) electrons. The highest BCUT2D eigenvalue weighted by atomic mass is 15.1. The number of nitrogens with zero attached hydrogens (tertiary/aromatic N) is 1. The summed E-state index contributed by atoms with van der Waals surface area (Å²) < 4.78 is 76.7. The summed E-state index contributed by atoms with van der Waals surface area (Å²) in [4.78, 5) is 1.42. The Morgan fingerprint density at radius 2 is 0.807 bits per heavy atom. The maximum Gasteiger partial charge on any atom is 0.0651 e. The van der Waals surface area contributed by atoms with Crippen molar-refractivity contribution >= 4 is 70.9 Å². The second-order valence-corrected chi connectivity index (χ2v) is 14.2. The van der Waals surface area contributed by atoms with Crippen LogP contribution in [0.4, 0.5) is 17.1 Å². The van der Waals surface area contributed by atoms with Crippen molar-refractivity contribution in [2.45, 2.75) is 0 Å². The van der Waals surface area contributed by atoms with Gasteiger partial charge in [0.15, 0.2) is 0 Å². The van der Waals surface area contributed by atoms with Crippen molar-refractivity contribution in [1.82, 2.24) is 0 Å². The van der Waals surface area contributed by atoms with Gasteiger partial charge in [0.25, 0.3) is 0 Å². The number of hydrogen-bond donors (Lipinski definition) is 0. The van der Waals surface area contributed by atoms with Gasteiger partial charge in [0.05, 0.1) is 11.0 Å². The molecular formula is C56H37N. The van der Waals surface area contributed by atoms with Gasteiger partial charge in [0.2, 0.25) is 0 Å². The molecule has 57 heavy (non-hydrogen) atoms. The van der Waals surface area contributed by atoms with Crippen LogP contribution < -0.4 is 4.90 Å². The van der Waals surface area contributed by atoms with Crippen LogP contribution in [0.15, 0.2) is 224 Å². The highest BCUT2D eigenvalue weighted by molar-refractivity contribution is 6.15. The Kier molecular flexibility index (Phi) is 6.13. The summed E-state index contributed by atoms with van der Waals surface area (Å²) in [6.45, 7) is 0. The van der Waals surface area contributed by atoms with E-state index in [9.17, 15) is 11.0 Å². The van der Waals surface area contributed by atoms with E-state index in [1.165, 1.54) is 4.90 Å². The van der Waals surface area contributed by atoms with Crippen molar-refractivity contribution < 1.29 is 11.0 Å². The normalized spacial score (nSPS) is 13.5. The number of hydrogen-bond acceptors (Lipinski definition) is 1. The van der Waals surface area contributed by atoms with Gasteiger partial charge >= 0.3 is 0 Å². The summed E-state index contributed by atoms with van der Waals surface area (Å²) in [5.74, 6) is 0. The lowest BCUT2D eigenvalue weighted by Crippen LogP contribution is -2.10. The standard InChI is InChI=1S/C56H37N/c1-4-19-47-38(13-1)16-12-26-48(47)41-17-11-18-46(35-41)57(44-31-27-39(28-32-44)55-36-42-14-2-5-20-49(42)51-22-7-9-24-53(51)55)45-33-29-40(30-34-45)56-37-43-15-3-6-21-50(43)52-23-8-10-25-54(52)56/h1-37H/i11D,17D,18D,27D,28D,31D,32D,35D. The molecule has 266 valence electrons. The first-order valence-corrected chi connectivity index (χ1v) is 19.0. The molecule has 0 unspecified atom stereocenters. The maximum atomic E-state index is 9.92. The number of rotatable bonds is 6.